The Labute approximate surface area is 132 Å². The third-order valence-electron chi connectivity index (χ3n) is 6.96. The van der Waals surface area contributed by atoms with E-state index in [2.05, 4.69) is 31.0 Å². The van der Waals surface area contributed by atoms with Crippen LogP contribution in [0.2, 0.25) is 0 Å². The van der Waals surface area contributed by atoms with Crippen LogP contribution in [0.25, 0.3) is 0 Å². The molecule has 0 aromatic rings. The number of hydrogen-bond donors (Lipinski definition) is 1. The molecule has 1 aliphatic heterocycles. The molecule has 2 saturated carbocycles. The fourth-order valence-corrected chi connectivity index (χ4v) is 5.59. The number of hydrogen-bond acceptors (Lipinski definition) is 2. The predicted octanol–water partition coefficient (Wildman–Crippen LogP) is 4.20. The third-order valence-corrected chi connectivity index (χ3v) is 6.96. The SMILES string of the molecule is CCNC1C(N2CCC3(CCCC3)CC2)CCCC1(C)C. The fourth-order valence-electron chi connectivity index (χ4n) is 5.59. The minimum atomic E-state index is 0.460. The summed E-state index contributed by atoms with van der Waals surface area (Å²) in [6, 6.07) is 1.47. The van der Waals surface area contributed by atoms with E-state index in [9.17, 15) is 0 Å². The molecule has 1 N–H and O–H groups in total. The Morgan fingerprint density at radius 2 is 1.62 bits per heavy atom. The monoisotopic (exact) mass is 292 g/mol. The van der Waals surface area contributed by atoms with Crippen LogP contribution in [-0.2, 0) is 0 Å². The van der Waals surface area contributed by atoms with Crippen LogP contribution < -0.4 is 5.32 Å². The molecule has 1 spiro atoms. The van der Waals surface area contributed by atoms with Crippen LogP contribution in [0.1, 0.15) is 78.6 Å². The van der Waals surface area contributed by atoms with Gasteiger partial charge in [-0.25, -0.2) is 0 Å². The normalized spacial score (nSPS) is 36.1. The molecule has 0 aromatic heterocycles. The fraction of sp³-hybridized carbons (Fsp3) is 1.00. The first-order chi connectivity index (χ1) is 10.1. The summed E-state index contributed by atoms with van der Waals surface area (Å²) >= 11 is 0. The zero-order valence-electron chi connectivity index (χ0n) is 14.6. The highest BCUT2D eigenvalue weighted by Crippen LogP contribution is 2.47. The number of nitrogens with zero attached hydrogens (tertiary/aromatic N) is 1. The molecule has 122 valence electrons. The number of piperidine rings is 1. The second-order valence-electron chi connectivity index (χ2n) is 8.73. The van der Waals surface area contributed by atoms with Crippen molar-refractivity contribution in [1.82, 2.24) is 10.2 Å². The van der Waals surface area contributed by atoms with Crippen LogP contribution in [-0.4, -0.2) is 36.6 Å². The summed E-state index contributed by atoms with van der Waals surface area (Å²) < 4.78 is 0. The largest absolute Gasteiger partial charge is 0.312 e. The highest BCUT2D eigenvalue weighted by Gasteiger charge is 2.44. The van der Waals surface area contributed by atoms with Crippen molar-refractivity contribution >= 4 is 0 Å². The van der Waals surface area contributed by atoms with Crippen molar-refractivity contribution in [2.75, 3.05) is 19.6 Å². The van der Waals surface area contributed by atoms with Gasteiger partial charge in [-0.3, -0.25) is 4.90 Å². The van der Waals surface area contributed by atoms with E-state index in [-0.39, 0.29) is 0 Å². The van der Waals surface area contributed by atoms with Gasteiger partial charge in [0.25, 0.3) is 0 Å². The van der Waals surface area contributed by atoms with Gasteiger partial charge in [0, 0.05) is 12.1 Å². The van der Waals surface area contributed by atoms with Crippen LogP contribution >= 0.6 is 0 Å². The van der Waals surface area contributed by atoms with Crippen LogP contribution in [0.15, 0.2) is 0 Å². The van der Waals surface area contributed by atoms with Crippen molar-refractivity contribution in [3.05, 3.63) is 0 Å². The van der Waals surface area contributed by atoms with Crippen molar-refractivity contribution in [2.45, 2.75) is 90.6 Å². The summed E-state index contributed by atoms with van der Waals surface area (Å²) in [6.07, 6.45) is 13.2. The maximum atomic E-state index is 3.84. The summed E-state index contributed by atoms with van der Waals surface area (Å²) in [4.78, 5) is 2.86. The molecule has 0 bridgehead atoms. The zero-order chi connectivity index (χ0) is 14.9. The van der Waals surface area contributed by atoms with E-state index >= 15 is 0 Å². The Hall–Kier alpha value is -0.0800. The first-order valence-electron chi connectivity index (χ1n) is 9.54. The van der Waals surface area contributed by atoms with Crippen LogP contribution in [0.3, 0.4) is 0 Å². The first-order valence-corrected chi connectivity index (χ1v) is 9.54. The number of nitrogens with one attached hydrogen (secondary N) is 1. The van der Waals surface area contributed by atoms with Gasteiger partial charge in [-0.2, -0.15) is 0 Å². The van der Waals surface area contributed by atoms with Gasteiger partial charge in [-0.15, -0.1) is 0 Å². The molecule has 1 saturated heterocycles. The van der Waals surface area contributed by atoms with E-state index in [1.54, 1.807) is 0 Å². The molecule has 0 radical (unpaired) electrons. The van der Waals surface area contributed by atoms with Crippen LogP contribution in [0.4, 0.5) is 0 Å². The average molecular weight is 293 g/mol. The molecule has 2 nitrogen and oxygen atoms in total. The summed E-state index contributed by atoms with van der Waals surface area (Å²) in [5.74, 6) is 0. The maximum absolute atomic E-state index is 3.84. The lowest BCUT2D eigenvalue weighted by molar-refractivity contribution is 0.00944. The molecule has 2 heteroatoms. The van der Waals surface area contributed by atoms with E-state index in [4.69, 9.17) is 0 Å². The van der Waals surface area contributed by atoms with Crippen LogP contribution in [0, 0.1) is 10.8 Å². The Morgan fingerprint density at radius 1 is 0.952 bits per heavy atom. The molecular weight excluding hydrogens is 256 g/mol. The quantitative estimate of drug-likeness (QED) is 0.838. The number of likely N-dealkylation sites (N-methyl/N-ethyl adjacent to an activating group) is 1. The summed E-state index contributed by atoms with van der Waals surface area (Å²) in [5.41, 5.74) is 1.22. The van der Waals surface area contributed by atoms with Crippen LogP contribution in [0.5, 0.6) is 0 Å². The van der Waals surface area contributed by atoms with Crippen molar-refractivity contribution in [3.63, 3.8) is 0 Å². The number of likely N-dealkylation sites (tertiary alicyclic amines) is 1. The topological polar surface area (TPSA) is 15.3 Å². The molecule has 0 amide bonds. The second kappa shape index (κ2) is 6.20. The lowest BCUT2D eigenvalue weighted by Crippen LogP contribution is -2.60. The molecule has 3 aliphatic rings. The standard InChI is InChI=1S/C19H36N2/c1-4-20-17-16(8-7-9-18(17,2)3)21-14-12-19(13-15-21)10-5-6-11-19/h16-17,20H,4-15H2,1-3H3. The van der Waals surface area contributed by atoms with Gasteiger partial charge in [0.15, 0.2) is 0 Å². The zero-order valence-corrected chi connectivity index (χ0v) is 14.6. The van der Waals surface area contributed by atoms with E-state index in [1.807, 2.05) is 0 Å². The van der Waals surface area contributed by atoms with Gasteiger partial charge >= 0.3 is 0 Å². The van der Waals surface area contributed by atoms with Crippen molar-refractivity contribution < 1.29 is 0 Å². The van der Waals surface area contributed by atoms with E-state index in [0.717, 1.165) is 18.0 Å². The third kappa shape index (κ3) is 3.17. The summed E-state index contributed by atoms with van der Waals surface area (Å²) in [6.45, 7) is 11.1. The molecule has 2 unspecified atom stereocenters. The van der Waals surface area contributed by atoms with Gasteiger partial charge in [-0.05, 0) is 69.0 Å². The molecule has 2 aliphatic carbocycles. The van der Waals surface area contributed by atoms with Crippen molar-refractivity contribution in [1.29, 1.82) is 0 Å². The summed E-state index contributed by atoms with van der Waals surface area (Å²) in [5, 5.41) is 3.84. The Kier molecular flexibility index (Phi) is 4.66. The maximum Gasteiger partial charge on any atom is 0.0274 e. The van der Waals surface area contributed by atoms with E-state index < -0.39 is 0 Å². The molecule has 2 atom stereocenters. The van der Waals surface area contributed by atoms with Gasteiger partial charge in [0.1, 0.15) is 0 Å². The van der Waals surface area contributed by atoms with Gasteiger partial charge < -0.3 is 5.32 Å². The number of rotatable bonds is 3. The lowest BCUT2D eigenvalue weighted by Gasteiger charge is -2.51. The lowest BCUT2D eigenvalue weighted by atomic mass is 9.69. The molecular formula is C19H36N2. The smallest absolute Gasteiger partial charge is 0.0274 e. The molecule has 3 fully saturated rings. The second-order valence-corrected chi connectivity index (χ2v) is 8.73. The van der Waals surface area contributed by atoms with Crippen molar-refractivity contribution in [2.24, 2.45) is 10.8 Å². The van der Waals surface area contributed by atoms with E-state index in [0.29, 0.717) is 11.5 Å². The Balaban J connectivity index is 1.65. The minimum Gasteiger partial charge on any atom is -0.312 e. The highest BCUT2D eigenvalue weighted by atomic mass is 15.2. The summed E-state index contributed by atoms with van der Waals surface area (Å²) in [7, 11) is 0. The van der Waals surface area contributed by atoms with E-state index in [1.165, 1.54) is 70.9 Å². The average Bonchev–Trinajstić information content (AvgIpc) is 2.90. The highest BCUT2D eigenvalue weighted by molar-refractivity contribution is 5.00. The first kappa shape index (κ1) is 15.8. The molecule has 1 heterocycles. The van der Waals surface area contributed by atoms with Gasteiger partial charge in [0.2, 0.25) is 0 Å². The molecule has 0 aromatic carbocycles. The Morgan fingerprint density at radius 3 is 2.24 bits per heavy atom. The van der Waals surface area contributed by atoms with Crippen molar-refractivity contribution in [3.8, 4) is 0 Å². The molecule has 3 rings (SSSR count). The van der Waals surface area contributed by atoms with Gasteiger partial charge in [-0.1, -0.05) is 40.0 Å². The Bertz CT molecular complexity index is 333. The predicted molar refractivity (Wildman–Crippen MR) is 90.6 cm³/mol. The van der Waals surface area contributed by atoms with Gasteiger partial charge in [0.05, 0.1) is 0 Å². The molecule has 21 heavy (non-hydrogen) atoms. The minimum absolute atomic E-state index is 0.460.